The van der Waals surface area contributed by atoms with E-state index in [0.717, 1.165) is 36.5 Å². The van der Waals surface area contributed by atoms with E-state index in [1.165, 1.54) is 23.5 Å². The van der Waals surface area contributed by atoms with Crippen molar-refractivity contribution >= 4 is 17.2 Å². The van der Waals surface area contributed by atoms with Crippen molar-refractivity contribution in [2.45, 2.75) is 19.3 Å². The van der Waals surface area contributed by atoms with Crippen LogP contribution in [0.5, 0.6) is 0 Å². The lowest BCUT2D eigenvalue weighted by Crippen LogP contribution is -2.26. The van der Waals surface area contributed by atoms with E-state index in [0.29, 0.717) is 11.3 Å². The Bertz CT molecular complexity index is 603. The molecule has 5 heteroatoms. The highest BCUT2D eigenvalue weighted by atomic mass is 32.1. The van der Waals surface area contributed by atoms with Crippen LogP contribution in [-0.2, 0) is 6.42 Å². The summed E-state index contributed by atoms with van der Waals surface area (Å²) in [6.07, 6.45) is 4.47. The number of halogens is 1. The third kappa shape index (κ3) is 2.88. The van der Waals surface area contributed by atoms with E-state index >= 15 is 0 Å². The molecule has 1 aromatic heterocycles. The Labute approximate surface area is 121 Å². The van der Waals surface area contributed by atoms with Crippen molar-refractivity contribution in [3.05, 3.63) is 51.7 Å². The lowest BCUT2D eigenvalue weighted by Gasteiger charge is -2.12. The molecule has 1 aliphatic heterocycles. The third-order valence-electron chi connectivity index (χ3n) is 3.43. The molecule has 0 spiro atoms. The van der Waals surface area contributed by atoms with Crippen molar-refractivity contribution in [1.29, 1.82) is 0 Å². The molecular weight excluding hydrogens is 275 g/mol. The summed E-state index contributed by atoms with van der Waals surface area (Å²) in [4.78, 5) is 19.1. The molecule has 3 nitrogen and oxygen atoms in total. The molecule has 0 aliphatic carbocycles. The van der Waals surface area contributed by atoms with Gasteiger partial charge in [-0.15, -0.1) is 11.3 Å². The second-order valence-electron chi connectivity index (χ2n) is 4.92. The number of thiazole rings is 1. The summed E-state index contributed by atoms with van der Waals surface area (Å²) >= 11 is 1.43. The van der Waals surface area contributed by atoms with E-state index in [9.17, 15) is 9.18 Å². The molecule has 0 unspecified atom stereocenters. The van der Waals surface area contributed by atoms with Crippen LogP contribution in [0, 0.1) is 5.82 Å². The molecule has 1 aromatic carbocycles. The summed E-state index contributed by atoms with van der Waals surface area (Å²) in [5, 5.41) is 0.888. The van der Waals surface area contributed by atoms with Crippen molar-refractivity contribution in [3.8, 4) is 0 Å². The second-order valence-corrected chi connectivity index (χ2v) is 6.04. The number of likely N-dealkylation sites (tertiary alicyclic amines) is 1. The Morgan fingerprint density at radius 2 is 1.95 bits per heavy atom. The summed E-state index contributed by atoms with van der Waals surface area (Å²) in [6, 6.07) is 6.38. The highest BCUT2D eigenvalue weighted by molar-refractivity contribution is 7.13. The first-order valence-corrected chi connectivity index (χ1v) is 7.52. The smallest absolute Gasteiger partial charge is 0.265 e. The van der Waals surface area contributed by atoms with Gasteiger partial charge in [0.2, 0.25) is 0 Å². The summed E-state index contributed by atoms with van der Waals surface area (Å²) in [6.45, 7) is 1.70. The average molecular weight is 290 g/mol. The van der Waals surface area contributed by atoms with E-state index in [2.05, 4.69) is 4.98 Å². The molecule has 2 heterocycles. The number of nitrogens with zero attached hydrogens (tertiary/aromatic N) is 2. The third-order valence-corrected chi connectivity index (χ3v) is 4.41. The summed E-state index contributed by atoms with van der Waals surface area (Å²) in [5.41, 5.74) is 1.00. The van der Waals surface area contributed by atoms with Crippen molar-refractivity contribution in [1.82, 2.24) is 9.88 Å². The van der Waals surface area contributed by atoms with Crippen LogP contribution in [0.25, 0.3) is 0 Å². The standard InChI is InChI=1S/C15H15FN2OS/c16-12-5-3-11(4-6-12)9-14-17-10-13(20-14)15(19)18-7-1-2-8-18/h3-6,10H,1-2,7-9H2. The van der Waals surface area contributed by atoms with E-state index in [1.54, 1.807) is 18.3 Å². The Hall–Kier alpha value is -1.75. The van der Waals surface area contributed by atoms with Crippen LogP contribution in [-0.4, -0.2) is 28.9 Å². The van der Waals surface area contributed by atoms with Gasteiger partial charge >= 0.3 is 0 Å². The number of hydrogen-bond donors (Lipinski definition) is 0. The molecule has 1 aliphatic rings. The summed E-state index contributed by atoms with van der Waals surface area (Å²) < 4.78 is 12.8. The van der Waals surface area contributed by atoms with Crippen LogP contribution >= 0.6 is 11.3 Å². The van der Waals surface area contributed by atoms with Gasteiger partial charge in [0.15, 0.2) is 0 Å². The first-order chi connectivity index (χ1) is 9.72. The van der Waals surface area contributed by atoms with Crippen LogP contribution in [0.2, 0.25) is 0 Å². The first kappa shape index (κ1) is 13.2. The predicted octanol–water partition coefficient (Wildman–Crippen LogP) is 3.11. The SMILES string of the molecule is O=C(c1cnc(Cc2ccc(F)cc2)s1)N1CCCC1. The first-order valence-electron chi connectivity index (χ1n) is 6.71. The van der Waals surface area contributed by atoms with Crippen LogP contribution in [0.15, 0.2) is 30.5 Å². The van der Waals surface area contributed by atoms with Crippen molar-refractivity contribution < 1.29 is 9.18 Å². The summed E-state index contributed by atoms with van der Waals surface area (Å²) in [7, 11) is 0. The number of hydrogen-bond acceptors (Lipinski definition) is 3. The van der Waals surface area contributed by atoms with Crippen molar-refractivity contribution in [2.24, 2.45) is 0 Å². The number of amides is 1. The lowest BCUT2D eigenvalue weighted by molar-refractivity contribution is 0.0797. The number of carbonyl (C=O) groups is 1. The molecule has 1 amide bonds. The largest absolute Gasteiger partial charge is 0.338 e. The minimum Gasteiger partial charge on any atom is -0.338 e. The van der Waals surface area contributed by atoms with Gasteiger partial charge in [-0.2, -0.15) is 0 Å². The second kappa shape index (κ2) is 5.71. The molecule has 1 saturated heterocycles. The maximum Gasteiger partial charge on any atom is 0.265 e. The molecule has 20 heavy (non-hydrogen) atoms. The number of carbonyl (C=O) groups excluding carboxylic acids is 1. The molecule has 2 aromatic rings. The van der Waals surface area contributed by atoms with Crippen LogP contribution in [0.3, 0.4) is 0 Å². The molecule has 0 radical (unpaired) electrons. The van der Waals surface area contributed by atoms with Gasteiger partial charge in [-0.1, -0.05) is 12.1 Å². The molecule has 0 N–H and O–H groups in total. The number of aromatic nitrogens is 1. The number of rotatable bonds is 3. The monoisotopic (exact) mass is 290 g/mol. The van der Waals surface area contributed by atoms with Gasteiger partial charge in [-0.05, 0) is 30.5 Å². The predicted molar refractivity (Wildman–Crippen MR) is 76.5 cm³/mol. The fourth-order valence-electron chi connectivity index (χ4n) is 2.34. The molecule has 104 valence electrons. The van der Waals surface area contributed by atoms with Crippen LogP contribution < -0.4 is 0 Å². The molecular formula is C15H15FN2OS. The average Bonchev–Trinajstić information content (AvgIpc) is 3.12. The van der Waals surface area contributed by atoms with E-state index < -0.39 is 0 Å². The van der Waals surface area contributed by atoms with E-state index in [-0.39, 0.29) is 11.7 Å². The fraction of sp³-hybridized carbons (Fsp3) is 0.333. The summed E-state index contributed by atoms with van der Waals surface area (Å²) in [5.74, 6) is -0.150. The van der Waals surface area contributed by atoms with Gasteiger partial charge in [-0.25, -0.2) is 9.37 Å². The van der Waals surface area contributed by atoms with E-state index in [4.69, 9.17) is 0 Å². The maximum atomic E-state index is 12.8. The Kier molecular flexibility index (Phi) is 3.78. The highest BCUT2D eigenvalue weighted by Crippen LogP contribution is 2.20. The quantitative estimate of drug-likeness (QED) is 0.870. The van der Waals surface area contributed by atoms with Gasteiger partial charge in [0, 0.05) is 19.5 Å². The topological polar surface area (TPSA) is 33.2 Å². The van der Waals surface area contributed by atoms with Crippen molar-refractivity contribution in [3.63, 3.8) is 0 Å². The minimum absolute atomic E-state index is 0.0883. The van der Waals surface area contributed by atoms with Gasteiger partial charge in [0.05, 0.1) is 11.2 Å². The Balaban J connectivity index is 1.70. The van der Waals surface area contributed by atoms with Gasteiger partial charge < -0.3 is 4.90 Å². The minimum atomic E-state index is -0.238. The zero-order chi connectivity index (χ0) is 13.9. The lowest BCUT2D eigenvalue weighted by atomic mass is 10.2. The van der Waals surface area contributed by atoms with Crippen LogP contribution in [0.1, 0.15) is 33.1 Å². The molecule has 0 bridgehead atoms. The molecule has 0 saturated carbocycles. The van der Waals surface area contributed by atoms with Gasteiger partial charge in [0.25, 0.3) is 5.91 Å². The maximum absolute atomic E-state index is 12.8. The van der Waals surface area contributed by atoms with E-state index in [1.807, 2.05) is 4.90 Å². The molecule has 3 rings (SSSR count). The van der Waals surface area contributed by atoms with Gasteiger partial charge in [-0.3, -0.25) is 4.79 Å². The molecule has 1 fully saturated rings. The van der Waals surface area contributed by atoms with Crippen molar-refractivity contribution in [2.75, 3.05) is 13.1 Å². The van der Waals surface area contributed by atoms with Gasteiger partial charge in [0.1, 0.15) is 10.7 Å². The normalized spacial score (nSPS) is 14.8. The Morgan fingerprint density at radius 3 is 2.65 bits per heavy atom. The molecule has 0 atom stereocenters. The number of benzene rings is 1. The zero-order valence-corrected chi connectivity index (χ0v) is 11.8. The highest BCUT2D eigenvalue weighted by Gasteiger charge is 2.21. The zero-order valence-electron chi connectivity index (χ0n) is 11.0. The Morgan fingerprint density at radius 1 is 1.25 bits per heavy atom. The fourth-order valence-corrected chi connectivity index (χ4v) is 3.26. The van der Waals surface area contributed by atoms with Crippen LogP contribution in [0.4, 0.5) is 4.39 Å².